The summed E-state index contributed by atoms with van der Waals surface area (Å²) in [6, 6.07) is 3.30. The van der Waals surface area contributed by atoms with Crippen LogP contribution in [0, 0.1) is 6.92 Å². The summed E-state index contributed by atoms with van der Waals surface area (Å²) in [5, 5.41) is 8.45. The van der Waals surface area contributed by atoms with Crippen LogP contribution in [0.4, 0.5) is 13.2 Å². The highest BCUT2D eigenvalue weighted by Crippen LogP contribution is 2.21. The molecule has 4 rings (SSSR count). The molecule has 30 heavy (non-hydrogen) atoms. The number of fused-ring (bicyclic) bond motifs is 1. The van der Waals surface area contributed by atoms with Crippen molar-refractivity contribution < 1.29 is 22.7 Å². The molecule has 1 aliphatic heterocycles. The Morgan fingerprint density at radius 1 is 1.40 bits per heavy atom. The molecule has 0 spiro atoms. The molecule has 160 valence electrons. The molecular weight excluding hydrogens is 405 g/mol. The fourth-order valence-corrected chi connectivity index (χ4v) is 3.50. The zero-order valence-electron chi connectivity index (χ0n) is 16.0. The van der Waals surface area contributed by atoms with Crippen LogP contribution >= 0.6 is 0 Å². The van der Waals surface area contributed by atoms with E-state index < -0.39 is 18.9 Å². The quantitative estimate of drug-likeness (QED) is 0.688. The molecule has 1 saturated heterocycles. The van der Waals surface area contributed by atoms with Gasteiger partial charge in [-0.25, -0.2) is 9.20 Å². The summed E-state index contributed by atoms with van der Waals surface area (Å²) in [5.74, 6) is -0.214. The van der Waals surface area contributed by atoms with Gasteiger partial charge in [-0.2, -0.15) is 18.3 Å². The number of piperidine rings is 1. The number of nitrogens with zero attached hydrogens (tertiary/aromatic N) is 5. The molecule has 1 amide bonds. The molecule has 1 atom stereocenters. The van der Waals surface area contributed by atoms with Gasteiger partial charge >= 0.3 is 6.18 Å². The van der Waals surface area contributed by atoms with Crippen molar-refractivity contribution >= 4 is 11.4 Å². The van der Waals surface area contributed by atoms with Gasteiger partial charge in [0.05, 0.1) is 23.6 Å². The molecule has 1 aliphatic rings. The third-order valence-electron chi connectivity index (χ3n) is 4.98. The third-order valence-corrected chi connectivity index (χ3v) is 4.98. The molecule has 0 bridgehead atoms. The Morgan fingerprint density at radius 2 is 2.20 bits per heavy atom. The highest BCUT2D eigenvalue weighted by Gasteiger charge is 2.32. The second kappa shape index (κ2) is 7.59. The van der Waals surface area contributed by atoms with Crippen LogP contribution in [0.15, 0.2) is 29.3 Å². The standard InChI is InChI=1S/C18H19F3N6O3/c1-11-13(16(29)25-6-2-4-12(9-25)30-10-18(19,20)21)8-22-27(11)17-23-15(28)14-5-3-7-26(14)24-17/h3,5,7-8,12H,2,4,6,9-10H2,1H3,(H,23,24,28)/t12-/m1/s1. The molecule has 1 N–H and O–H groups in total. The predicted molar refractivity (Wildman–Crippen MR) is 98.6 cm³/mol. The van der Waals surface area contributed by atoms with Gasteiger partial charge in [0.25, 0.3) is 11.5 Å². The van der Waals surface area contributed by atoms with Crippen molar-refractivity contribution in [3.8, 4) is 5.95 Å². The molecule has 0 saturated carbocycles. The Bertz CT molecular complexity index is 1130. The zero-order valence-corrected chi connectivity index (χ0v) is 16.0. The minimum Gasteiger partial charge on any atom is -0.367 e. The van der Waals surface area contributed by atoms with Gasteiger partial charge in [0.15, 0.2) is 0 Å². The van der Waals surface area contributed by atoms with Gasteiger partial charge < -0.3 is 9.64 Å². The van der Waals surface area contributed by atoms with Crippen LogP contribution in [0.5, 0.6) is 0 Å². The number of hydrogen-bond acceptors (Lipinski definition) is 5. The second-order valence-corrected chi connectivity index (χ2v) is 7.11. The number of likely N-dealkylation sites (tertiary alicyclic amines) is 1. The first kappa shape index (κ1) is 20.1. The van der Waals surface area contributed by atoms with Gasteiger partial charge in [-0.3, -0.25) is 14.6 Å². The molecule has 0 radical (unpaired) electrons. The van der Waals surface area contributed by atoms with E-state index in [1.165, 1.54) is 20.3 Å². The number of nitrogens with one attached hydrogen (secondary N) is 1. The SMILES string of the molecule is Cc1c(C(=O)N2CCC[C@@H](OCC(F)(F)F)C2)cnn1-c1nn2cccc2c(=O)[nH]1. The maximum absolute atomic E-state index is 12.9. The summed E-state index contributed by atoms with van der Waals surface area (Å²) in [6.45, 7) is 0.808. The van der Waals surface area contributed by atoms with Crippen molar-refractivity contribution in [3.63, 3.8) is 0 Å². The van der Waals surface area contributed by atoms with Crippen LogP contribution in [-0.4, -0.2) is 67.2 Å². The fourth-order valence-electron chi connectivity index (χ4n) is 3.50. The normalized spacial score (nSPS) is 17.6. The average molecular weight is 424 g/mol. The Morgan fingerprint density at radius 3 is 2.97 bits per heavy atom. The highest BCUT2D eigenvalue weighted by atomic mass is 19.4. The smallest absolute Gasteiger partial charge is 0.367 e. The number of ether oxygens (including phenoxy) is 1. The van der Waals surface area contributed by atoms with Crippen molar-refractivity contribution in [2.24, 2.45) is 0 Å². The first-order chi connectivity index (χ1) is 14.2. The van der Waals surface area contributed by atoms with Gasteiger partial charge in [0.1, 0.15) is 12.1 Å². The zero-order chi connectivity index (χ0) is 21.5. The lowest BCUT2D eigenvalue weighted by Gasteiger charge is -2.32. The summed E-state index contributed by atoms with van der Waals surface area (Å²) in [4.78, 5) is 29.2. The van der Waals surface area contributed by atoms with Gasteiger partial charge in [0.2, 0.25) is 5.95 Å². The number of carbonyl (C=O) groups excluding carboxylic acids is 1. The van der Waals surface area contributed by atoms with Crippen molar-refractivity contribution in [3.05, 3.63) is 46.1 Å². The highest BCUT2D eigenvalue weighted by molar-refractivity contribution is 5.95. The van der Waals surface area contributed by atoms with Gasteiger partial charge in [0, 0.05) is 19.3 Å². The van der Waals surface area contributed by atoms with Crippen LogP contribution in [0.2, 0.25) is 0 Å². The van der Waals surface area contributed by atoms with Crippen molar-refractivity contribution in [1.29, 1.82) is 0 Å². The summed E-state index contributed by atoms with van der Waals surface area (Å²) >= 11 is 0. The van der Waals surface area contributed by atoms with Gasteiger partial charge in [-0.1, -0.05) is 0 Å². The maximum atomic E-state index is 12.9. The number of hydrogen-bond donors (Lipinski definition) is 1. The van der Waals surface area contributed by atoms with Crippen LogP contribution in [-0.2, 0) is 4.74 Å². The molecule has 0 unspecified atom stereocenters. The van der Waals surface area contributed by atoms with Crippen molar-refractivity contribution in [2.75, 3.05) is 19.7 Å². The molecular formula is C18H19F3N6O3. The van der Waals surface area contributed by atoms with E-state index in [1.807, 2.05) is 0 Å². The van der Waals surface area contributed by atoms with E-state index >= 15 is 0 Å². The monoisotopic (exact) mass is 424 g/mol. The molecule has 0 aliphatic carbocycles. The Labute approximate surface area is 168 Å². The lowest BCUT2D eigenvalue weighted by molar-refractivity contribution is -0.188. The van der Waals surface area contributed by atoms with Crippen molar-refractivity contribution in [2.45, 2.75) is 32.0 Å². The molecule has 3 aromatic rings. The summed E-state index contributed by atoms with van der Waals surface area (Å²) in [7, 11) is 0. The number of aromatic amines is 1. The topological polar surface area (TPSA) is 97.5 Å². The second-order valence-electron chi connectivity index (χ2n) is 7.11. The molecule has 0 aromatic carbocycles. The first-order valence-electron chi connectivity index (χ1n) is 9.33. The van der Waals surface area contributed by atoms with Crippen LogP contribution in [0.1, 0.15) is 28.9 Å². The van der Waals surface area contributed by atoms with Crippen LogP contribution in [0.3, 0.4) is 0 Å². The Balaban J connectivity index is 1.54. The molecule has 12 heteroatoms. The Hall–Kier alpha value is -3.15. The fraction of sp³-hybridized carbons (Fsp3) is 0.444. The first-order valence-corrected chi connectivity index (χ1v) is 9.33. The number of alkyl halides is 3. The minimum atomic E-state index is -4.41. The maximum Gasteiger partial charge on any atom is 0.411 e. The van der Waals surface area contributed by atoms with E-state index in [1.54, 1.807) is 25.3 Å². The third kappa shape index (κ3) is 3.95. The molecule has 3 aromatic heterocycles. The average Bonchev–Trinajstić information content (AvgIpc) is 3.32. The largest absolute Gasteiger partial charge is 0.411 e. The molecule has 9 nitrogen and oxygen atoms in total. The lowest BCUT2D eigenvalue weighted by Crippen LogP contribution is -2.44. The Kier molecular flexibility index (Phi) is 5.10. The minimum absolute atomic E-state index is 0.0734. The number of amides is 1. The summed E-state index contributed by atoms with van der Waals surface area (Å²) < 4.78 is 44.9. The molecule has 1 fully saturated rings. The number of carbonyl (C=O) groups is 1. The summed E-state index contributed by atoms with van der Waals surface area (Å²) in [5.41, 5.74) is 0.751. The summed E-state index contributed by atoms with van der Waals surface area (Å²) in [6.07, 6.45) is -1.10. The predicted octanol–water partition coefficient (Wildman–Crippen LogP) is 1.70. The van der Waals surface area contributed by atoms with Gasteiger partial charge in [-0.05, 0) is 31.9 Å². The number of H-pyrrole nitrogens is 1. The van der Waals surface area contributed by atoms with E-state index in [0.29, 0.717) is 30.6 Å². The van der Waals surface area contributed by atoms with Crippen LogP contribution < -0.4 is 5.56 Å². The number of aromatic nitrogens is 5. The lowest BCUT2D eigenvalue weighted by atomic mass is 10.1. The molecule has 4 heterocycles. The number of rotatable bonds is 4. The number of halogens is 3. The van der Waals surface area contributed by atoms with E-state index in [2.05, 4.69) is 15.2 Å². The van der Waals surface area contributed by atoms with Crippen LogP contribution in [0.25, 0.3) is 11.5 Å². The van der Waals surface area contributed by atoms with Gasteiger partial charge in [-0.15, -0.1) is 5.10 Å². The van der Waals surface area contributed by atoms with E-state index in [4.69, 9.17) is 4.74 Å². The van der Waals surface area contributed by atoms with E-state index in [0.717, 1.165) is 0 Å². The van der Waals surface area contributed by atoms with E-state index in [-0.39, 0.29) is 29.5 Å². The van der Waals surface area contributed by atoms with Crippen molar-refractivity contribution in [1.82, 2.24) is 29.3 Å². The van der Waals surface area contributed by atoms with E-state index in [9.17, 15) is 22.8 Å².